The summed E-state index contributed by atoms with van der Waals surface area (Å²) >= 11 is 0. The molecule has 0 saturated heterocycles. The van der Waals surface area contributed by atoms with Crippen LogP contribution in [0.1, 0.15) is 10.4 Å². The van der Waals surface area contributed by atoms with E-state index in [1.54, 1.807) is 12.1 Å². The topological polar surface area (TPSA) is 53.3 Å². The molecule has 3 rings (SSSR count). The third-order valence-corrected chi connectivity index (χ3v) is 6.15. The highest BCUT2D eigenvalue weighted by Gasteiger charge is 2.15. The van der Waals surface area contributed by atoms with Crippen LogP contribution in [0.15, 0.2) is 48.5 Å². The van der Waals surface area contributed by atoms with Gasteiger partial charge in [-0.1, -0.05) is 50.0 Å². The van der Waals surface area contributed by atoms with Gasteiger partial charge in [0.2, 0.25) is 0 Å². The molecule has 0 aliphatic carbocycles. The molecule has 0 N–H and O–H groups in total. The standard InChI is InChI=1S/C21H26N2O3Si/c1-25-21(24)17-11-9-16(10-12-17)20-18-7-5-6-8-19(18)23(22-20)15-26-13-14-27(2,3)4/h5-12H,13-15H2,1-4H3. The Labute approximate surface area is 160 Å². The van der Waals surface area contributed by atoms with Crippen LogP contribution in [0.3, 0.4) is 0 Å². The molecule has 0 amide bonds. The second kappa shape index (κ2) is 8.06. The summed E-state index contributed by atoms with van der Waals surface area (Å²) < 4.78 is 12.6. The Morgan fingerprint density at radius 2 is 1.78 bits per heavy atom. The van der Waals surface area contributed by atoms with Crippen molar-refractivity contribution in [2.45, 2.75) is 32.4 Å². The summed E-state index contributed by atoms with van der Waals surface area (Å²) in [5.41, 5.74) is 3.41. The zero-order valence-electron chi connectivity index (χ0n) is 16.4. The molecule has 1 heterocycles. The van der Waals surface area contributed by atoms with E-state index in [1.165, 1.54) is 7.11 Å². The van der Waals surface area contributed by atoms with Crippen LogP contribution in [-0.4, -0.2) is 37.5 Å². The van der Waals surface area contributed by atoms with Gasteiger partial charge in [0.05, 0.1) is 18.2 Å². The van der Waals surface area contributed by atoms with Gasteiger partial charge in [-0.15, -0.1) is 0 Å². The van der Waals surface area contributed by atoms with E-state index >= 15 is 0 Å². The lowest BCUT2D eigenvalue weighted by Gasteiger charge is -2.15. The molecule has 0 fully saturated rings. The summed E-state index contributed by atoms with van der Waals surface area (Å²) in [6, 6.07) is 16.6. The number of rotatable bonds is 7. The molecule has 6 heteroatoms. The molecule has 5 nitrogen and oxygen atoms in total. The Morgan fingerprint density at radius 1 is 1.07 bits per heavy atom. The monoisotopic (exact) mass is 382 g/mol. The van der Waals surface area contributed by atoms with Crippen molar-refractivity contribution in [3.63, 3.8) is 0 Å². The van der Waals surface area contributed by atoms with Gasteiger partial charge in [0.15, 0.2) is 0 Å². The first-order valence-corrected chi connectivity index (χ1v) is 12.8. The number of hydrogen-bond acceptors (Lipinski definition) is 4. The van der Waals surface area contributed by atoms with Crippen LogP contribution >= 0.6 is 0 Å². The maximum atomic E-state index is 11.6. The van der Waals surface area contributed by atoms with Crippen LogP contribution < -0.4 is 0 Å². The molecule has 1 aromatic heterocycles. The molecule has 0 unspecified atom stereocenters. The van der Waals surface area contributed by atoms with Gasteiger partial charge in [-0.25, -0.2) is 9.48 Å². The fraction of sp³-hybridized carbons (Fsp3) is 0.333. The molecular formula is C21H26N2O3Si. The first-order valence-electron chi connectivity index (χ1n) is 9.11. The fourth-order valence-corrected chi connectivity index (χ4v) is 3.61. The van der Waals surface area contributed by atoms with E-state index < -0.39 is 8.07 Å². The molecule has 0 aliphatic heterocycles. The van der Waals surface area contributed by atoms with E-state index in [2.05, 4.69) is 31.8 Å². The van der Waals surface area contributed by atoms with E-state index in [9.17, 15) is 4.79 Å². The van der Waals surface area contributed by atoms with Gasteiger partial charge < -0.3 is 9.47 Å². The van der Waals surface area contributed by atoms with Gasteiger partial charge in [0.25, 0.3) is 0 Å². The quantitative estimate of drug-likeness (QED) is 0.334. The van der Waals surface area contributed by atoms with Crippen molar-refractivity contribution in [3.05, 3.63) is 54.1 Å². The zero-order chi connectivity index (χ0) is 19.4. The number of carbonyl (C=O) groups excluding carboxylic acids is 1. The van der Waals surface area contributed by atoms with Crippen molar-refractivity contribution in [2.24, 2.45) is 0 Å². The van der Waals surface area contributed by atoms with Crippen molar-refractivity contribution >= 4 is 24.9 Å². The number of methoxy groups -OCH3 is 1. The first kappa shape index (κ1) is 19.3. The van der Waals surface area contributed by atoms with E-state index in [4.69, 9.17) is 14.6 Å². The molecule has 0 radical (unpaired) electrons. The van der Waals surface area contributed by atoms with Crippen LogP contribution in [0, 0.1) is 0 Å². The number of aromatic nitrogens is 2. The molecule has 142 valence electrons. The minimum atomic E-state index is -1.11. The highest BCUT2D eigenvalue weighted by Crippen LogP contribution is 2.28. The molecule has 3 aromatic rings. The van der Waals surface area contributed by atoms with Gasteiger partial charge in [-0.05, 0) is 24.2 Å². The highest BCUT2D eigenvalue weighted by molar-refractivity contribution is 6.76. The maximum Gasteiger partial charge on any atom is 0.337 e. The average Bonchev–Trinajstić information content (AvgIpc) is 3.03. The molecule has 2 aromatic carbocycles. The number of benzene rings is 2. The Morgan fingerprint density at radius 3 is 2.44 bits per heavy atom. The normalized spacial score (nSPS) is 11.7. The van der Waals surface area contributed by atoms with Crippen LogP contribution in [0.25, 0.3) is 22.2 Å². The number of para-hydroxylation sites is 1. The van der Waals surface area contributed by atoms with Crippen LogP contribution in [-0.2, 0) is 16.2 Å². The Kier molecular flexibility index (Phi) is 5.77. The fourth-order valence-electron chi connectivity index (χ4n) is 2.85. The summed E-state index contributed by atoms with van der Waals surface area (Å²) in [6.07, 6.45) is 0. The smallest absolute Gasteiger partial charge is 0.337 e. The summed E-state index contributed by atoms with van der Waals surface area (Å²) in [4.78, 5) is 11.6. The van der Waals surface area contributed by atoms with Gasteiger partial charge in [-0.3, -0.25) is 0 Å². The second-order valence-electron chi connectivity index (χ2n) is 7.78. The molecular weight excluding hydrogens is 356 g/mol. The molecule has 27 heavy (non-hydrogen) atoms. The Hall–Kier alpha value is -2.44. The number of carbonyl (C=O) groups is 1. The van der Waals surface area contributed by atoms with E-state index in [0.717, 1.165) is 34.8 Å². The molecule has 0 saturated carbocycles. The van der Waals surface area contributed by atoms with Crippen molar-refractivity contribution in [1.82, 2.24) is 9.78 Å². The number of ether oxygens (including phenoxy) is 2. The van der Waals surface area contributed by atoms with Crippen molar-refractivity contribution in [2.75, 3.05) is 13.7 Å². The van der Waals surface area contributed by atoms with Crippen LogP contribution in [0.5, 0.6) is 0 Å². The van der Waals surface area contributed by atoms with E-state index in [0.29, 0.717) is 12.3 Å². The largest absolute Gasteiger partial charge is 0.465 e. The number of hydrogen-bond donors (Lipinski definition) is 0. The first-order chi connectivity index (χ1) is 12.9. The molecule has 0 aliphatic rings. The summed E-state index contributed by atoms with van der Waals surface area (Å²) in [6.45, 7) is 8.22. The molecule has 0 bridgehead atoms. The average molecular weight is 383 g/mol. The molecule has 0 spiro atoms. The summed E-state index contributed by atoms with van der Waals surface area (Å²) in [5, 5.41) is 5.84. The maximum absolute atomic E-state index is 11.6. The van der Waals surface area contributed by atoms with Crippen LogP contribution in [0.2, 0.25) is 25.7 Å². The van der Waals surface area contributed by atoms with Crippen molar-refractivity contribution < 1.29 is 14.3 Å². The SMILES string of the molecule is COC(=O)c1ccc(-c2nn(COCC[Si](C)(C)C)c3ccccc23)cc1. The third-order valence-electron chi connectivity index (χ3n) is 4.45. The number of nitrogens with zero attached hydrogens (tertiary/aromatic N) is 2. The summed E-state index contributed by atoms with van der Waals surface area (Å²) in [5.74, 6) is -0.340. The lowest BCUT2D eigenvalue weighted by Crippen LogP contribution is -2.22. The zero-order valence-corrected chi connectivity index (χ0v) is 17.4. The van der Waals surface area contributed by atoms with Gasteiger partial charge >= 0.3 is 5.97 Å². The lowest BCUT2D eigenvalue weighted by molar-refractivity contribution is 0.0600. The predicted molar refractivity (Wildman–Crippen MR) is 111 cm³/mol. The predicted octanol–water partition coefficient (Wildman–Crippen LogP) is 4.80. The lowest BCUT2D eigenvalue weighted by atomic mass is 10.1. The van der Waals surface area contributed by atoms with Crippen molar-refractivity contribution in [1.29, 1.82) is 0 Å². The van der Waals surface area contributed by atoms with Crippen molar-refractivity contribution in [3.8, 4) is 11.3 Å². The third kappa shape index (κ3) is 4.64. The second-order valence-corrected chi connectivity index (χ2v) is 13.4. The minimum Gasteiger partial charge on any atom is -0.465 e. The minimum absolute atomic E-state index is 0.340. The molecule has 0 atom stereocenters. The summed E-state index contributed by atoms with van der Waals surface area (Å²) in [7, 11) is 0.276. The van der Waals surface area contributed by atoms with Gasteiger partial charge in [-0.2, -0.15) is 5.10 Å². The Bertz CT molecular complexity index is 927. The van der Waals surface area contributed by atoms with Gasteiger partial charge in [0, 0.05) is 25.6 Å². The van der Waals surface area contributed by atoms with Crippen LogP contribution in [0.4, 0.5) is 0 Å². The Balaban J connectivity index is 1.85. The van der Waals surface area contributed by atoms with Gasteiger partial charge in [0.1, 0.15) is 12.4 Å². The number of fused-ring (bicyclic) bond motifs is 1. The highest BCUT2D eigenvalue weighted by atomic mass is 28.3. The van der Waals surface area contributed by atoms with E-state index in [-0.39, 0.29) is 5.97 Å². The van der Waals surface area contributed by atoms with E-state index in [1.807, 2.05) is 28.9 Å². The number of esters is 1.